The van der Waals surface area contributed by atoms with Crippen LogP contribution in [0.25, 0.3) is 23.0 Å². The summed E-state index contributed by atoms with van der Waals surface area (Å²) in [6, 6.07) is 23.3. The Hall–Kier alpha value is -4.28. The molecule has 7 nitrogen and oxygen atoms in total. The van der Waals surface area contributed by atoms with E-state index in [2.05, 4.69) is 0 Å². The number of aliphatic carboxylic acids is 1. The van der Waals surface area contributed by atoms with Gasteiger partial charge in [0.1, 0.15) is 28.2 Å². The van der Waals surface area contributed by atoms with Crippen LogP contribution in [0, 0.1) is 5.82 Å². The highest BCUT2D eigenvalue weighted by molar-refractivity contribution is 8.26. The Morgan fingerprint density at radius 2 is 1.85 bits per heavy atom. The minimum absolute atomic E-state index is 0.00880. The van der Waals surface area contributed by atoms with Crippen LogP contribution < -0.4 is 4.74 Å². The van der Waals surface area contributed by atoms with Crippen molar-refractivity contribution in [3.05, 3.63) is 107 Å². The standard InChI is InChI=1S/C29H22FN3O4S2/c30-24-12-5-4-7-20(24)18-37-23-11-6-8-19(15-23)27-21(17-33(31-27)22-9-2-1-3-10-22)16-25-28(36)32(29(38)39-25)14-13-26(34)35/h1-12,15-17H,13-14,18H2,(H,34,35). The lowest BCUT2D eigenvalue weighted by Gasteiger charge is -2.12. The first-order chi connectivity index (χ1) is 18.9. The zero-order valence-corrected chi connectivity index (χ0v) is 22.1. The van der Waals surface area contributed by atoms with Crippen LogP contribution in [0.4, 0.5) is 4.39 Å². The van der Waals surface area contributed by atoms with Gasteiger partial charge in [-0.1, -0.05) is 72.5 Å². The fourth-order valence-electron chi connectivity index (χ4n) is 3.98. The maximum absolute atomic E-state index is 14.1. The smallest absolute Gasteiger partial charge is 0.305 e. The summed E-state index contributed by atoms with van der Waals surface area (Å²) < 4.78 is 22.0. The molecule has 1 aliphatic rings. The second-order valence-electron chi connectivity index (χ2n) is 8.60. The average Bonchev–Trinajstić information content (AvgIpc) is 3.48. The highest BCUT2D eigenvalue weighted by Crippen LogP contribution is 2.35. The molecule has 1 aliphatic heterocycles. The Labute approximate surface area is 233 Å². The second kappa shape index (κ2) is 11.6. The van der Waals surface area contributed by atoms with Gasteiger partial charge < -0.3 is 9.84 Å². The zero-order chi connectivity index (χ0) is 27.4. The lowest BCUT2D eigenvalue weighted by Crippen LogP contribution is -2.30. The van der Waals surface area contributed by atoms with Crippen molar-refractivity contribution in [2.24, 2.45) is 0 Å². The summed E-state index contributed by atoms with van der Waals surface area (Å²) in [4.78, 5) is 25.7. The van der Waals surface area contributed by atoms with Crippen molar-refractivity contribution >= 4 is 46.3 Å². The molecule has 0 bridgehead atoms. The molecule has 2 heterocycles. The van der Waals surface area contributed by atoms with Gasteiger partial charge in [-0.2, -0.15) is 5.10 Å². The number of para-hydroxylation sites is 1. The first-order valence-corrected chi connectivity index (χ1v) is 13.2. The number of thiocarbonyl (C=S) groups is 1. The number of nitrogens with zero attached hydrogens (tertiary/aromatic N) is 3. The summed E-state index contributed by atoms with van der Waals surface area (Å²) in [5.41, 5.74) is 3.29. The molecular formula is C29H22FN3O4S2. The van der Waals surface area contributed by atoms with Crippen LogP contribution in [-0.4, -0.2) is 42.5 Å². The van der Waals surface area contributed by atoms with Crippen LogP contribution in [0.3, 0.4) is 0 Å². The molecule has 1 saturated heterocycles. The molecule has 10 heteroatoms. The number of carbonyl (C=O) groups is 2. The van der Waals surface area contributed by atoms with E-state index in [4.69, 9.17) is 27.2 Å². The van der Waals surface area contributed by atoms with Gasteiger partial charge in [-0.25, -0.2) is 9.07 Å². The van der Waals surface area contributed by atoms with Gasteiger partial charge in [0.15, 0.2) is 0 Å². The Balaban J connectivity index is 1.48. The van der Waals surface area contributed by atoms with Gasteiger partial charge in [0.05, 0.1) is 17.0 Å². The molecule has 196 valence electrons. The maximum atomic E-state index is 14.1. The molecular weight excluding hydrogens is 537 g/mol. The Morgan fingerprint density at radius 3 is 2.62 bits per heavy atom. The molecule has 1 aromatic heterocycles. The van der Waals surface area contributed by atoms with Gasteiger partial charge in [-0.15, -0.1) is 0 Å². The third-order valence-corrected chi connectivity index (χ3v) is 7.31. The molecule has 1 amide bonds. The molecule has 0 saturated carbocycles. The molecule has 0 atom stereocenters. The van der Waals surface area contributed by atoms with E-state index in [1.807, 2.05) is 54.7 Å². The predicted octanol–water partition coefficient (Wildman–Crippen LogP) is 5.93. The Bertz CT molecular complexity index is 1590. The lowest BCUT2D eigenvalue weighted by atomic mass is 10.1. The van der Waals surface area contributed by atoms with Crippen molar-refractivity contribution in [3.63, 3.8) is 0 Å². The van der Waals surface area contributed by atoms with Gasteiger partial charge in [0.25, 0.3) is 5.91 Å². The summed E-state index contributed by atoms with van der Waals surface area (Å²) in [5, 5.41) is 13.8. The number of aromatic nitrogens is 2. The second-order valence-corrected chi connectivity index (χ2v) is 10.3. The monoisotopic (exact) mass is 559 g/mol. The number of carboxylic acids is 1. The molecule has 1 fully saturated rings. The van der Waals surface area contributed by atoms with E-state index in [0.29, 0.717) is 31.8 Å². The van der Waals surface area contributed by atoms with Gasteiger partial charge in [-0.3, -0.25) is 14.5 Å². The Kier molecular flexibility index (Phi) is 7.85. The molecule has 3 aromatic carbocycles. The van der Waals surface area contributed by atoms with E-state index in [1.165, 1.54) is 11.0 Å². The van der Waals surface area contributed by atoms with Crippen LogP contribution in [0.2, 0.25) is 0 Å². The van der Waals surface area contributed by atoms with E-state index in [0.717, 1.165) is 23.0 Å². The highest BCUT2D eigenvalue weighted by atomic mass is 32.2. The van der Waals surface area contributed by atoms with Gasteiger partial charge >= 0.3 is 5.97 Å². The summed E-state index contributed by atoms with van der Waals surface area (Å²) in [7, 11) is 0. The van der Waals surface area contributed by atoms with E-state index in [-0.39, 0.29) is 31.3 Å². The van der Waals surface area contributed by atoms with E-state index in [1.54, 1.807) is 35.0 Å². The molecule has 5 rings (SSSR count). The molecule has 0 unspecified atom stereocenters. The van der Waals surface area contributed by atoms with Crippen LogP contribution in [0.5, 0.6) is 5.75 Å². The predicted molar refractivity (Wildman–Crippen MR) is 152 cm³/mol. The fraction of sp³-hybridized carbons (Fsp3) is 0.103. The molecule has 39 heavy (non-hydrogen) atoms. The molecule has 4 aromatic rings. The van der Waals surface area contributed by atoms with Crippen molar-refractivity contribution < 1.29 is 23.8 Å². The summed E-state index contributed by atoms with van der Waals surface area (Å²) in [6.45, 7) is 0.0785. The number of thioether (sulfide) groups is 1. The number of rotatable bonds is 9. The van der Waals surface area contributed by atoms with Gasteiger partial charge in [0, 0.05) is 29.4 Å². The minimum Gasteiger partial charge on any atom is -0.489 e. The summed E-state index contributed by atoms with van der Waals surface area (Å²) in [5.74, 6) is -1.14. The molecule has 0 aliphatic carbocycles. The highest BCUT2D eigenvalue weighted by Gasteiger charge is 2.32. The van der Waals surface area contributed by atoms with Gasteiger partial charge in [-0.05, 0) is 36.4 Å². The number of carboxylic acid groups (broad SMARTS) is 1. The number of amides is 1. The van der Waals surface area contributed by atoms with Crippen molar-refractivity contribution in [3.8, 4) is 22.7 Å². The normalized spacial score (nSPS) is 14.3. The van der Waals surface area contributed by atoms with Crippen LogP contribution in [0.15, 0.2) is 90.0 Å². The summed E-state index contributed by atoms with van der Waals surface area (Å²) >= 11 is 6.46. The number of carbonyl (C=O) groups excluding carboxylic acids is 1. The molecule has 1 N–H and O–H groups in total. The third kappa shape index (κ3) is 6.08. The van der Waals surface area contributed by atoms with E-state index >= 15 is 0 Å². The topological polar surface area (TPSA) is 84.7 Å². The molecule has 0 spiro atoms. The van der Waals surface area contributed by atoms with Crippen LogP contribution in [0.1, 0.15) is 17.5 Å². The van der Waals surface area contributed by atoms with Crippen molar-refractivity contribution in [1.82, 2.24) is 14.7 Å². The Morgan fingerprint density at radius 1 is 1.08 bits per heavy atom. The third-order valence-electron chi connectivity index (χ3n) is 5.93. The van der Waals surface area contributed by atoms with E-state index in [9.17, 15) is 14.0 Å². The first kappa shape index (κ1) is 26.3. The lowest BCUT2D eigenvalue weighted by molar-refractivity contribution is -0.137. The van der Waals surface area contributed by atoms with Crippen molar-refractivity contribution in [2.45, 2.75) is 13.0 Å². The van der Waals surface area contributed by atoms with Crippen LogP contribution >= 0.6 is 24.0 Å². The number of benzene rings is 3. The fourth-order valence-corrected chi connectivity index (χ4v) is 5.28. The number of hydrogen-bond donors (Lipinski definition) is 1. The van der Waals surface area contributed by atoms with Crippen molar-refractivity contribution in [2.75, 3.05) is 6.54 Å². The van der Waals surface area contributed by atoms with Gasteiger partial charge in [0.2, 0.25) is 0 Å². The van der Waals surface area contributed by atoms with E-state index < -0.39 is 5.97 Å². The minimum atomic E-state index is -1.00. The average molecular weight is 560 g/mol. The largest absolute Gasteiger partial charge is 0.489 e. The zero-order valence-electron chi connectivity index (χ0n) is 20.5. The number of ether oxygens (including phenoxy) is 1. The number of hydrogen-bond acceptors (Lipinski definition) is 6. The first-order valence-electron chi connectivity index (χ1n) is 12.0. The van der Waals surface area contributed by atoms with Crippen molar-refractivity contribution in [1.29, 1.82) is 0 Å². The van der Waals surface area contributed by atoms with Crippen LogP contribution in [-0.2, 0) is 16.2 Å². The maximum Gasteiger partial charge on any atom is 0.305 e. The number of halogens is 1. The quantitative estimate of drug-likeness (QED) is 0.201. The SMILES string of the molecule is O=C(O)CCN1C(=O)C(=Cc2cn(-c3ccccc3)nc2-c2cccc(OCc3ccccc3F)c2)SC1=S. The summed E-state index contributed by atoms with van der Waals surface area (Å²) in [6.07, 6.45) is 3.34. The molecule has 0 radical (unpaired) electrons.